The number of aliphatic carboxylic acids is 1. The lowest BCUT2D eigenvalue weighted by atomic mass is 10.2. The first-order chi connectivity index (χ1) is 6.06. The Balaban J connectivity index is 0. The molecular weight excluding hydrogens is 188 g/mol. The standard InChI is InChI=1S/C6H10O4.C3H8O/c1-6(2,3)10-5(9)4(7)8;1-3(2)4/h1-3H3,(H,7,8);3-4H,1-2H3. The Morgan fingerprint density at radius 3 is 1.57 bits per heavy atom. The zero-order chi connectivity index (χ0) is 11.9. The van der Waals surface area contributed by atoms with Crippen molar-refractivity contribution in [3.05, 3.63) is 0 Å². The molecule has 0 unspecified atom stereocenters. The number of rotatable bonds is 0. The summed E-state index contributed by atoms with van der Waals surface area (Å²) in [5.74, 6) is -2.78. The lowest BCUT2D eigenvalue weighted by Crippen LogP contribution is -2.28. The minimum absolute atomic E-state index is 0.167. The van der Waals surface area contributed by atoms with E-state index in [4.69, 9.17) is 10.2 Å². The first-order valence-electron chi connectivity index (χ1n) is 4.20. The fraction of sp³-hybridized carbons (Fsp3) is 0.778. The van der Waals surface area contributed by atoms with Gasteiger partial charge in [0.15, 0.2) is 0 Å². The molecular formula is C9H18O5. The molecule has 0 heterocycles. The zero-order valence-corrected chi connectivity index (χ0v) is 9.20. The largest absolute Gasteiger partial charge is 0.473 e. The third-order valence-electron chi connectivity index (χ3n) is 0.574. The number of carbonyl (C=O) groups excluding carboxylic acids is 1. The van der Waals surface area contributed by atoms with Gasteiger partial charge in [0, 0.05) is 6.10 Å². The summed E-state index contributed by atoms with van der Waals surface area (Å²) in [6, 6.07) is 0. The summed E-state index contributed by atoms with van der Waals surface area (Å²) < 4.78 is 4.46. The van der Waals surface area contributed by atoms with Crippen molar-refractivity contribution in [1.82, 2.24) is 0 Å². The average molecular weight is 206 g/mol. The highest BCUT2D eigenvalue weighted by atomic mass is 16.6. The third-order valence-corrected chi connectivity index (χ3v) is 0.574. The Morgan fingerprint density at radius 1 is 1.21 bits per heavy atom. The first-order valence-corrected chi connectivity index (χ1v) is 4.20. The van der Waals surface area contributed by atoms with Crippen LogP contribution in [0.25, 0.3) is 0 Å². The van der Waals surface area contributed by atoms with Gasteiger partial charge in [0.25, 0.3) is 0 Å². The van der Waals surface area contributed by atoms with Crippen LogP contribution >= 0.6 is 0 Å². The van der Waals surface area contributed by atoms with Crippen LogP contribution in [0, 0.1) is 0 Å². The number of carboxylic acid groups (broad SMARTS) is 1. The Kier molecular flexibility index (Phi) is 6.99. The van der Waals surface area contributed by atoms with Gasteiger partial charge in [-0.25, -0.2) is 9.59 Å². The van der Waals surface area contributed by atoms with Gasteiger partial charge in [-0.1, -0.05) is 0 Å². The van der Waals surface area contributed by atoms with E-state index >= 15 is 0 Å². The molecule has 0 radical (unpaired) electrons. The molecule has 14 heavy (non-hydrogen) atoms. The van der Waals surface area contributed by atoms with Gasteiger partial charge in [-0.15, -0.1) is 0 Å². The number of esters is 1. The Labute approximate surface area is 83.7 Å². The topological polar surface area (TPSA) is 83.8 Å². The number of aliphatic hydroxyl groups is 1. The number of carbonyl (C=O) groups is 2. The second-order valence-corrected chi connectivity index (χ2v) is 3.90. The molecule has 0 saturated carbocycles. The smallest absolute Gasteiger partial charge is 0.417 e. The van der Waals surface area contributed by atoms with E-state index in [2.05, 4.69) is 4.74 Å². The quantitative estimate of drug-likeness (QED) is 0.452. The number of hydrogen-bond acceptors (Lipinski definition) is 4. The fourth-order valence-corrected chi connectivity index (χ4v) is 0.322. The van der Waals surface area contributed by atoms with Crippen molar-refractivity contribution in [3.8, 4) is 0 Å². The second kappa shape index (κ2) is 6.37. The van der Waals surface area contributed by atoms with Gasteiger partial charge in [0.2, 0.25) is 0 Å². The van der Waals surface area contributed by atoms with Gasteiger partial charge in [-0.3, -0.25) is 0 Å². The molecule has 0 aliphatic rings. The second-order valence-electron chi connectivity index (χ2n) is 3.90. The monoisotopic (exact) mass is 206 g/mol. The van der Waals surface area contributed by atoms with E-state index in [1.54, 1.807) is 34.6 Å². The van der Waals surface area contributed by atoms with Crippen molar-refractivity contribution in [2.45, 2.75) is 46.3 Å². The van der Waals surface area contributed by atoms with Gasteiger partial charge >= 0.3 is 11.9 Å². The maximum Gasteiger partial charge on any atom is 0.417 e. The molecule has 0 rings (SSSR count). The van der Waals surface area contributed by atoms with Crippen molar-refractivity contribution in [2.75, 3.05) is 0 Å². The number of aliphatic hydroxyl groups excluding tert-OH is 1. The molecule has 5 nitrogen and oxygen atoms in total. The summed E-state index contributed by atoms with van der Waals surface area (Å²) in [6.45, 7) is 8.26. The highest BCUT2D eigenvalue weighted by Gasteiger charge is 2.21. The van der Waals surface area contributed by atoms with Crippen molar-refractivity contribution in [3.63, 3.8) is 0 Å². The van der Waals surface area contributed by atoms with E-state index in [1.165, 1.54) is 0 Å². The van der Waals surface area contributed by atoms with Gasteiger partial charge in [0.05, 0.1) is 0 Å². The molecule has 0 aromatic heterocycles. The SMILES string of the molecule is CC(C)(C)OC(=O)C(=O)O.CC(C)O. The Hall–Kier alpha value is -1.10. The average Bonchev–Trinajstić information content (AvgIpc) is 1.81. The van der Waals surface area contributed by atoms with E-state index in [-0.39, 0.29) is 6.10 Å². The molecule has 0 aromatic rings. The number of ether oxygens (including phenoxy) is 1. The van der Waals surface area contributed by atoms with E-state index in [0.717, 1.165) is 0 Å². The van der Waals surface area contributed by atoms with Crippen molar-refractivity contribution >= 4 is 11.9 Å². The van der Waals surface area contributed by atoms with Crippen LogP contribution in [-0.2, 0) is 14.3 Å². The van der Waals surface area contributed by atoms with Crippen molar-refractivity contribution in [2.24, 2.45) is 0 Å². The molecule has 0 bridgehead atoms. The summed E-state index contributed by atoms with van der Waals surface area (Å²) in [5, 5.41) is 16.1. The molecule has 0 aromatic carbocycles. The summed E-state index contributed by atoms with van der Waals surface area (Å²) >= 11 is 0. The molecule has 0 spiro atoms. The summed E-state index contributed by atoms with van der Waals surface area (Å²) in [7, 11) is 0. The van der Waals surface area contributed by atoms with Crippen LogP contribution in [0.5, 0.6) is 0 Å². The molecule has 84 valence electrons. The van der Waals surface area contributed by atoms with Crippen LogP contribution < -0.4 is 0 Å². The first kappa shape index (κ1) is 15.4. The van der Waals surface area contributed by atoms with Crippen molar-refractivity contribution < 1.29 is 24.5 Å². The van der Waals surface area contributed by atoms with Crippen LogP contribution in [0.4, 0.5) is 0 Å². The molecule has 0 saturated heterocycles. The predicted octanol–water partition coefficient (Wildman–Crippen LogP) is 0.800. The fourth-order valence-electron chi connectivity index (χ4n) is 0.322. The van der Waals surface area contributed by atoms with Gasteiger partial charge in [0.1, 0.15) is 5.60 Å². The van der Waals surface area contributed by atoms with E-state index < -0.39 is 17.5 Å². The number of hydrogen-bond donors (Lipinski definition) is 2. The molecule has 0 aliphatic carbocycles. The highest BCUT2D eigenvalue weighted by molar-refractivity contribution is 6.28. The van der Waals surface area contributed by atoms with Crippen molar-refractivity contribution in [1.29, 1.82) is 0 Å². The van der Waals surface area contributed by atoms with Crippen LogP contribution in [0.1, 0.15) is 34.6 Å². The normalized spacial score (nSPS) is 10.2. The molecule has 2 N–H and O–H groups in total. The van der Waals surface area contributed by atoms with E-state index in [9.17, 15) is 9.59 Å². The Bertz CT molecular complexity index is 187. The maximum absolute atomic E-state index is 10.3. The third kappa shape index (κ3) is 17.1. The lowest BCUT2D eigenvalue weighted by Gasteiger charge is -2.17. The molecule has 0 atom stereocenters. The van der Waals surface area contributed by atoms with Gasteiger partial charge in [-0.2, -0.15) is 0 Å². The molecule has 0 aliphatic heterocycles. The summed E-state index contributed by atoms with van der Waals surface area (Å²) in [4.78, 5) is 20.2. The lowest BCUT2D eigenvalue weighted by molar-refractivity contribution is -0.171. The molecule has 5 heteroatoms. The minimum atomic E-state index is -1.56. The van der Waals surface area contributed by atoms with Crippen LogP contribution in [-0.4, -0.2) is 33.9 Å². The van der Waals surface area contributed by atoms with Gasteiger partial charge in [-0.05, 0) is 34.6 Å². The summed E-state index contributed by atoms with van der Waals surface area (Å²) in [5.41, 5.74) is -0.727. The van der Waals surface area contributed by atoms with Crippen LogP contribution in [0.3, 0.4) is 0 Å². The Morgan fingerprint density at radius 2 is 1.50 bits per heavy atom. The maximum atomic E-state index is 10.3. The molecule has 0 amide bonds. The predicted molar refractivity (Wildman–Crippen MR) is 50.8 cm³/mol. The molecule has 0 fully saturated rings. The highest BCUT2D eigenvalue weighted by Crippen LogP contribution is 2.06. The van der Waals surface area contributed by atoms with Crippen LogP contribution in [0.2, 0.25) is 0 Å². The zero-order valence-electron chi connectivity index (χ0n) is 9.20. The van der Waals surface area contributed by atoms with Crippen LogP contribution in [0.15, 0.2) is 0 Å². The van der Waals surface area contributed by atoms with E-state index in [0.29, 0.717) is 0 Å². The number of carboxylic acids is 1. The van der Waals surface area contributed by atoms with E-state index in [1.807, 2.05) is 0 Å². The minimum Gasteiger partial charge on any atom is -0.473 e. The van der Waals surface area contributed by atoms with Gasteiger partial charge < -0.3 is 14.9 Å². The summed E-state index contributed by atoms with van der Waals surface area (Å²) in [6.07, 6.45) is -0.167.